The normalized spacial score (nSPS) is 26.4. The molecular weight excluding hydrogens is 1270 g/mol. The summed E-state index contributed by atoms with van der Waals surface area (Å²) < 4.78 is 20.3. The molecule has 95 heavy (non-hydrogen) atoms. The van der Waals surface area contributed by atoms with Crippen molar-refractivity contribution in [2.45, 2.75) is 157 Å². The summed E-state index contributed by atoms with van der Waals surface area (Å²) in [5.41, 5.74) is 6.79. The van der Waals surface area contributed by atoms with Gasteiger partial charge >= 0.3 is 0 Å². The monoisotopic (exact) mass is 1360 g/mol. The highest BCUT2D eigenvalue weighted by molar-refractivity contribution is 7.90. The molecule has 4 saturated heterocycles. The van der Waals surface area contributed by atoms with E-state index in [0.717, 1.165) is 81.0 Å². The van der Waals surface area contributed by atoms with Crippen LogP contribution in [-0.2, 0) is 47.7 Å². The smallest absolute Gasteiger partial charge is 0.261 e. The van der Waals surface area contributed by atoms with Crippen LogP contribution in [0.1, 0.15) is 93.7 Å². The molecule has 4 fully saturated rings. The maximum absolute atomic E-state index is 14.7. The van der Waals surface area contributed by atoms with Gasteiger partial charge in [-0.15, -0.1) is 0 Å². The van der Waals surface area contributed by atoms with E-state index in [1.165, 1.54) is 25.5 Å². The second kappa shape index (κ2) is 35.3. The second-order valence-electron chi connectivity index (χ2n) is 24.0. The van der Waals surface area contributed by atoms with Crippen molar-refractivity contribution in [3.63, 3.8) is 0 Å². The number of anilines is 2. The Bertz CT molecular complexity index is 3080. The number of piperazine rings is 1. The number of aromatic hydroxyl groups is 1. The number of methoxy groups -OCH3 is 1. The summed E-state index contributed by atoms with van der Waals surface area (Å²) in [6.45, 7) is 5.21. The highest BCUT2D eigenvalue weighted by Crippen LogP contribution is 2.34. The number of hydrogen-bond acceptors (Lipinski definition) is 26. The molecule has 0 saturated carbocycles. The molecule has 17 N–H and O–H groups in total. The Morgan fingerprint density at radius 3 is 1.91 bits per heavy atom. The minimum Gasteiger partial charge on any atom is -0.504 e. The Kier molecular flexibility index (Phi) is 27.8. The molecule has 0 aliphatic carbocycles. The van der Waals surface area contributed by atoms with E-state index in [0.29, 0.717) is 42.6 Å². The molecule has 3 aromatic rings. The summed E-state index contributed by atoms with van der Waals surface area (Å²) in [7, 11) is 1.71. The molecule has 33 nitrogen and oxygen atoms in total. The Balaban J connectivity index is 1.13. The van der Waals surface area contributed by atoms with E-state index < -0.39 is 182 Å². The first-order chi connectivity index (χ1) is 45.3. The fraction of sp³-hybridized carbons (Fsp3) is 0.574. The number of rotatable bonds is 25. The third kappa shape index (κ3) is 20.0. The van der Waals surface area contributed by atoms with Crippen LogP contribution in [0.2, 0.25) is 0 Å². The molecule has 0 aromatic heterocycles. The third-order valence-electron chi connectivity index (χ3n) is 17.0. The Labute approximate surface area is 551 Å². The molecule has 0 spiro atoms. The molecule has 34 heteroatoms. The van der Waals surface area contributed by atoms with Crippen LogP contribution in [0.25, 0.3) is 0 Å². The maximum Gasteiger partial charge on any atom is 0.261 e. The average molecular weight is 1360 g/mol. The summed E-state index contributed by atoms with van der Waals surface area (Å²) in [5, 5.41) is 125. The van der Waals surface area contributed by atoms with Gasteiger partial charge in [-0.1, -0.05) is 48.0 Å². The SMILES string of the molecule is COCCCCCCCCOc1ccc(N2CCN(c3ccc(C(=O)N[C@H]4CC(O)C(O)NC(=O)C5C(O)C(C)CN5C(=O)C(C(O)CC(N)=O)NC(=O)C(C(O)C(O)c5ccc(O)c(OSOOO)c5)NC(=O)C5CC(O)CN5C(=O)C(C(C)O)NC4=O)cc3)CC2)cc1. The van der Waals surface area contributed by atoms with Crippen LogP contribution in [0, 0.1) is 5.92 Å². The molecular formula is C61H86N10O23S. The van der Waals surface area contributed by atoms with Crippen molar-refractivity contribution in [3.05, 3.63) is 77.9 Å². The third-order valence-corrected chi connectivity index (χ3v) is 17.4. The van der Waals surface area contributed by atoms with Gasteiger partial charge in [-0.05, 0) is 86.0 Å². The topological polar surface area (TPSA) is 484 Å². The van der Waals surface area contributed by atoms with Gasteiger partial charge in [0.25, 0.3) is 18.2 Å². The molecule has 524 valence electrons. The van der Waals surface area contributed by atoms with E-state index in [9.17, 15) is 84.3 Å². The highest BCUT2D eigenvalue weighted by atomic mass is 32.2. The van der Waals surface area contributed by atoms with E-state index in [1.807, 2.05) is 24.3 Å². The number of fused-ring (bicyclic) bond motifs is 2. The van der Waals surface area contributed by atoms with Crippen LogP contribution in [0.5, 0.6) is 17.2 Å². The van der Waals surface area contributed by atoms with E-state index in [1.54, 1.807) is 19.2 Å². The number of carbonyl (C=O) groups excluding carboxylic acids is 8. The average Bonchev–Trinajstić information content (AvgIpc) is 1.65. The first-order valence-corrected chi connectivity index (χ1v) is 31.8. The molecule has 3 aromatic carbocycles. The fourth-order valence-corrected chi connectivity index (χ4v) is 12.0. The number of phenolic OH excluding ortho intramolecular Hbond substituents is 1. The van der Waals surface area contributed by atoms with Gasteiger partial charge in [-0.3, -0.25) is 38.4 Å². The van der Waals surface area contributed by atoms with Crippen molar-refractivity contribution >= 4 is 71.0 Å². The summed E-state index contributed by atoms with van der Waals surface area (Å²) in [4.78, 5) is 120. The molecule has 7 rings (SSSR count). The van der Waals surface area contributed by atoms with Gasteiger partial charge in [0, 0.05) is 88.7 Å². The number of ether oxygens (including phenoxy) is 2. The highest BCUT2D eigenvalue weighted by Gasteiger charge is 2.51. The van der Waals surface area contributed by atoms with Crippen LogP contribution in [0.3, 0.4) is 0 Å². The lowest BCUT2D eigenvalue weighted by Gasteiger charge is -2.37. The number of primary amides is 1. The Morgan fingerprint density at radius 1 is 0.705 bits per heavy atom. The fourth-order valence-electron chi connectivity index (χ4n) is 11.7. The number of nitrogens with two attached hydrogens (primary N) is 1. The Hall–Kier alpha value is -7.71. The van der Waals surface area contributed by atoms with E-state index in [2.05, 4.69) is 45.8 Å². The molecule has 4 aliphatic heterocycles. The predicted molar refractivity (Wildman–Crippen MR) is 335 cm³/mol. The number of benzene rings is 3. The molecule has 14 unspecified atom stereocenters. The Morgan fingerprint density at radius 2 is 1.29 bits per heavy atom. The van der Waals surface area contributed by atoms with Crippen molar-refractivity contribution in [3.8, 4) is 17.2 Å². The number of hydrogen-bond donors (Lipinski definition) is 16. The first-order valence-electron chi connectivity index (χ1n) is 31.1. The number of amides is 8. The van der Waals surface area contributed by atoms with Crippen molar-refractivity contribution < 1.29 is 113 Å². The van der Waals surface area contributed by atoms with Gasteiger partial charge in [-0.2, -0.15) is 0 Å². The van der Waals surface area contributed by atoms with Crippen molar-refractivity contribution in [1.29, 1.82) is 0 Å². The zero-order chi connectivity index (χ0) is 69.2. The van der Waals surface area contributed by atoms with Crippen LogP contribution in [-0.4, -0.2) is 247 Å². The standard InChI is InChI=1S/C61H86N10O23S/c1-32-30-71-50(51(32)78)59(86)67-57(84)44(76)28-40(63-54(81)34-10-13-36(14-11-34)68-20-22-69(23-21-68)37-15-17-39(18-16-37)91-25-9-7-5-4-6-8-24-90-3)55(82)64-47(33(2)72)60(87)70-31-38(73)27-41(70)56(83)66-49(58(85)65-48(61(71)88)43(75)29-46(62)77)53(80)52(79)35-12-19-42(74)45(26-35)92-95-94-93-89/h10-19,26,32-33,38,40-41,43-44,47-53,57,72-76,78-80,84,89H,4-9,20-25,27-31H2,1-3H3,(H2,62,77)(H,63,81)(H,64,82)(H,65,85)(H,66,83)(H,67,86)/t32?,33?,38?,40-,41?,43?,44?,47?,48?,49?,50?,51?,52?,53?,57?/m0/s1. The number of nitrogens with one attached hydrogen (secondary N) is 5. The summed E-state index contributed by atoms with van der Waals surface area (Å²) in [5.74, 6) is -11.8. The van der Waals surface area contributed by atoms with Gasteiger partial charge in [0.15, 0.2) is 17.7 Å². The lowest BCUT2D eigenvalue weighted by molar-refractivity contribution is -0.433. The molecule has 8 amide bonds. The largest absolute Gasteiger partial charge is 0.504 e. The molecule has 15 atom stereocenters. The molecule has 4 aliphatic rings. The molecule has 0 radical (unpaired) electrons. The first kappa shape index (κ1) is 74.7. The second-order valence-corrected chi connectivity index (χ2v) is 24.4. The number of nitrogens with zero attached hydrogens (tertiary/aromatic N) is 4. The molecule has 4 heterocycles. The minimum atomic E-state index is -2.55. The molecule has 0 bridgehead atoms. The number of phenols is 1. The van der Waals surface area contributed by atoms with E-state index in [-0.39, 0.29) is 23.5 Å². The van der Waals surface area contributed by atoms with E-state index >= 15 is 0 Å². The van der Waals surface area contributed by atoms with Crippen molar-refractivity contribution in [1.82, 2.24) is 36.4 Å². The van der Waals surface area contributed by atoms with Gasteiger partial charge in [0.2, 0.25) is 41.4 Å². The van der Waals surface area contributed by atoms with Crippen molar-refractivity contribution in [2.24, 2.45) is 11.7 Å². The maximum atomic E-state index is 14.7. The zero-order valence-electron chi connectivity index (χ0n) is 52.6. The summed E-state index contributed by atoms with van der Waals surface area (Å²) in [6, 6.07) is 4.38. The lowest BCUT2D eigenvalue weighted by Crippen LogP contribution is -2.64. The number of aliphatic hydroxyl groups excluding tert-OH is 8. The van der Waals surface area contributed by atoms with Gasteiger partial charge in [0.1, 0.15) is 60.3 Å². The predicted octanol–water partition coefficient (Wildman–Crippen LogP) is -2.92. The van der Waals surface area contributed by atoms with Gasteiger partial charge in [-0.25, -0.2) is 5.26 Å². The number of unbranched alkanes of at least 4 members (excludes halogenated alkanes) is 5. The van der Waals surface area contributed by atoms with Gasteiger partial charge in [0.05, 0.1) is 37.4 Å². The van der Waals surface area contributed by atoms with Crippen LogP contribution < -0.4 is 51.0 Å². The summed E-state index contributed by atoms with van der Waals surface area (Å²) >= 11 is -0.0315. The summed E-state index contributed by atoms with van der Waals surface area (Å²) in [6.07, 6.45) is -12.9. The van der Waals surface area contributed by atoms with Crippen LogP contribution in [0.15, 0.2) is 66.7 Å². The van der Waals surface area contributed by atoms with E-state index in [4.69, 9.17) is 24.6 Å². The lowest BCUT2D eigenvalue weighted by atomic mass is 9.96. The number of aliphatic hydroxyl groups is 8. The quantitative estimate of drug-likeness (QED) is 0.0175. The van der Waals surface area contributed by atoms with Gasteiger partial charge < -0.3 is 112 Å². The minimum absolute atomic E-state index is 0.00715. The van der Waals surface area contributed by atoms with Crippen molar-refractivity contribution in [2.75, 3.05) is 69.4 Å². The van der Waals surface area contributed by atoms with Crippen LogP contribution in [0.4, 0.5) is 11.4 Å². The zero-order valence-corrected chi connectivity index (χ0v) is 53.4. The number of carbonyl (C=O) groups is 8. The van der Waals surface area contributed by atoms with Crippen LogP contribution >= 0.6 is 12.3 Å².